The Bertz CT molecular complexity index is 497. The second-order valence-corrected chi connectivity index (χ2v) is 3.65. The molecule has 0 fully saturated rings. The van der Waals surface area contributed by atoms with Crippen LogP contribution in [0.15, 0.2) is 47.6 Å². The fourth-order valence-corrected chi connectivity index (χ4v) is 1.76. The highest BCUT2D eigenvalue weighted by atomic mass is 16.4. The van der Waals surface area contributed by atoms with Crippen molar-refractivity contribution in [1.29, 1.82) is 0 Å². The van der Waals surface area contributed by atoms with Crippen molar-refractivity contribution in [3.63, 3.8) is 0 Å². The summed E-state index contributed by atoms with van der Waals surface area (Å²) in [7, 11) is 0. The third-order valence-electron chi connectivity index (χ3n) is 2.50. The summed E-state index contributed by atoms with van der Waals surface area (Å²) in [5, 5.41) is 14.3. The van der Waals surface area contributed by atoms with Gasteiger partial charge >= 0.3 is 0 Å². The molecular weight excluding hydrogens is 186 g/mol. The van der Waals surface area contributed by atoms with Crippen LogP contribution < -0.4 is 0 Å². The topological polar surface area (TPSA) is 32.6 Å². The lowest BCUT2D eigenvalue weighted by Crippen LogP contribution is -1.97. The molecule has 0 aromatic heterocycles. The normalized spacial score (nSPS) is 11.9. The van der Waals surface area contributed by atoms with Gasteiger partial charge in [-0.15, -0.1) is 0 Å². The van der Waals surface area contributed by atoms with E-state index in [1.165, 1.54) is 16.3 Å². The molecule has 76 valence electrons. The lowest BCUT2D eigenvalue weighted by atomic mass is 10.0. The fourth-order valence-electron chi connectivity index (χ4n) is 1.76. The van der Waals surface area contributed by atoms with E-state index in [1.54, 1.807) is 0 Å². The molecule has 0 saturated carbocycles. The zero-order valence-corrected chi connectivity index (χ0v) is 8.64. The molecule has 0 radical (unpaired) electrons. The minimum atomic E-state index is 0.692. The van der Waals surface area contributed by atoms with E-state index >= 15 is 0 Å². The van der Waals surface area contributed by atoms with Crippen molar-refractivity contribution in [3.8, 4) is 0 Å². The first-order valence-electron chi connectivity index (χ1n) is 4.95. The van der Waals surface area contributed by atoms with Crippen molar-refractivity contribution in [3.05, 3.63) is 48.0 Å². The highest BCUT2D eigenvalue weighted by molar-refractivity contribution is 5.91. The van der Waals surface area contributed by atoms with Gasteiger partial charge in [-0.1, -0.05) is 47.6 Å². The number of hydrogen-bond acceptors (Lipinski definition) is 2. The first-order chi connectivity index (χ1) is 7.31. The molecule has 0 bridgehead atoms. The predicted molar refractivity (Wildman–Crippen MR) is 62.5 cm³/mol. The van der Waals surface area contributed by atoms with E-state index in [2.05, 4.69) is 29.4 Å². The van der Waals surface area contributed by atoms with Crippen molar-refractivity contribution in [2.45, 2.75) is 13.3 Å². The molecule has 0 aliphatic heterocycles. The van der Waals surface area contributed by atoms with E-state index in [4.69, 9.17) is 5.21 Å². The van der Waals surface area contributed by atoms with Crippen LogP contribution in [0.1, 0.15) is 12.5 Å². The van der Waals surface area contributed by atoms with E-state index in [0.717, 1.165) is 5.71 Å². The summed E-state index contributed by atoms with van der Waals surface area (Å²) in [6, 6.07) is 14.4. The Kier molecular flexibility index (Phi) is 2.68. The van der Waals surface area contributed by atoms with Crippen molar-refractivity contribution < 1.29 is 5.21 Å². The number of nitrogens with zero attached hydrogens (tertiary/aromatic N) is 1. The third kappa shape index (κ3) is 1.99. The van der Waals surface area contributed by atoms with Gasteiger partial charge in [0.25, 0.3) is 0 Å². The van der Waals surface area contributed by atoms with E-state index in [1.807, 2.05) is 25.1 Å². The third-order valence-corrected chi connectivity index (χ3v) is 2.50. The molecule has 0 amide bonds. The van der Waals surface area contributed by atoms with Crippen LogP contribution in [0.25, 0.3) is 10.8 Å². The Balaban J connectivity index is 2.51. The Labute approximate surface area is 88.9 Å². The van der Waals surface area contributed by atoms with Gasteiger partial charge in [0, 0.05) is 6.42 Å². The van der Waals surface area contributed by atoms with Crippen LogP contribution in [0.5, 0.6) is 0 Å². The molecule has 0 saturated heterocycles. The van der Waals surface area contributed by atoms with E-state index in [9.17, 15) is 0 Å². The molecule has 2 aromatic carbocycles. The minimum absolute atomic E-state index is 0.692. The zero-order chi connectivity index (χ0) is 10.7. The smallest absolute Gasteiger partial charge is 0.0583 e. The summed E-state index contributed by atoms with van der Waals surface area (Å²) in [5.74, 6) is 0. The Morgan fingerprint density at radius 3 is 2.67 bits per heavy atom. The molecule has 0 spiro atoms. The number of fused-ring (bicyclic) bond motifs is 1. The predicted octanol–water partition coefficient (Wildman–Crippen LogP) is 3.23. The second-order valence-electron chi connectivity index (χ2n) is 3.65. The van der Waals surface area contributed by atoms with Gasteiger partial charge < -0.3 is 5.21 Å². The summed E-state index contributed by atoms with van der Waals surface area (Å²) < 4.78 is 0. The maximum absolute atomic E-state index is 8.66. The molecule has 0 unspecified atom stereocenters. The molecule has 0 heterocycles. The molecule has 2 rings (SSSR count). The molecule has 0 atom stereocenters. The van der Waals surface area contributed by atoms with Gasteiger partial charge in [0.1, 0.15) is 0 Å². The first kappa shape index (κ1) is 9.71. The maximum atomic E-state index is 8.66. The molecule has 2 heteroatoms. The number of rotatable bonds is 2. The van der Waals surface area contributed by atoms with E-state index in [0.29, 0.717) is 6.42 Å². The molecule has 1 N–H and O–H groups in total. The van der Waals surface area contributed by atoms with Gasteiger partial charge in [-0.3, -0.25) is 0 Å². The van der Waals surface area contributed by atoms with Gasteiger partial charge in [-0.2, -0.15) is 0 Å². The van der Waals surface area contributed by atoms with Crippen LogP contribution >= 0.6 is 0 Å². The van der Waals surface area contributed by atoms with E-state index < -0.39 is 0 Å². The number of hydrogen-bond donors (Lipinski definition) is 1. The first-order valence-corrected chi connectivity index (χ1v) is 4.95. The van der Waals surface area contributed by atoms with Crippen molar-refractivity contribution in [2.24, 2.45) is 5.16 Å². The van der Waals surface area contributed by atoms with Gasteiger partial charge in [-0.05, 0) is 23.3 Å². The lowest BCUT2D eigenvalue weighted by Gasteiger charge is -2.05. The van der Waals surface area contributed by atoms with Crippen molar-refractivity contribution in [2.75, 3.05) is 0 Å². The lowest BCUT2D eigenvalue weighted by molar-refractivity contribution is 0.317. The number of benzene rings is 2. The highest BCUT2D eigenvalue weighted by Gasteiger charge is 2.01. The second kappa shape index (κ2) is 4.13. The SMILES string of the molecule is C/C(Cc1cccc2ccccc12)=N\O. The van der Waals surface area contributed by atoms with Crippen LogP contribution in [0.2, 0.25) is 0 Å². The summed E-state index contributed by atoms with van der Waals surface area (Å²) in [6.07, 6.45) is 0.692. The van der Waals surface area contributed by atoms with E-state index in [-0.39, 0.29) is 0 Å². The monoisotopic (exact) mass is 199 g/mol. The quantitative estimate of drug-likeness (QED) is 0.449. The summed E-state index contributed by atoms with van der Waals surface area (Å²) >= 11 is 0. The zero-order valence-electron chi connectivity index (χ0n) is 8.64. The van der Waals surface area contributed by atoms with Crippen molar-refractivity contribution in [1.82, 2.24) is 0 Å². The summed E-state index contributed by atoms with van der Waals surface area (Å²) in [5.41, 5.74) is 1.93. The van der Waals surface area contributed by atoms with Gasteiger partial charge in [-0.25, -0.2) is 0 Å². The van der Waals surface area contributed by atoms with Gasteiger partial charge in [0.15, 0.2) is 0 Å². The maximum Gasteiger partial charge on any atom is 0.0583 e. The Hall–Kier alpha value is -1.83. The largest absolute Gasteiger partial charge is 0.411 e. The molecule has 0 aliphatic rings. The Morgan fingerprint density at radius 1 is 1.13 bits per heavy atom. The summed E-state index contributed by atoms with van der Waals surface area (Å²) in [6.45, 7) is 1.82. The molecular formula is C13H13NO. The standard InChI is InChI=1S/C13H13NO/c1-10(14-15)9-12-7-4-6-11-5-2-3-8-13(11)12/h2-8,15H,9H2,1H3/b14-10+. The fraction of sp³-hybridized carbons (Fsp3) is 0.154. The van der Waals surface area contributed by atoms with Crippen LogP contribution in [0.3, 0.4) is 0 Å². The van der Waals surface area contributed by atoms with Crippen LogP contribution in [0.4, 0.5) is 0 Å². The highest BCUT2D eigenvalue weighted by Crippen LogP contribution is 2.19. The Morgan fingerprint density at radius 2 is 1.87 bits per heavy atom. The molecule has 2 aromatic rings. The molecule has 0 aliphatic carbocycles. The molecule has 15 heavy (non-hydrogen) atoms. The number of oxime groups is 1. The average Bonchev–Trinajstić information content (AvgIpc) is 2.29. The van der Waals surface area contributed by atoms with Gasteiger partial charge in [0.05, 0.1) is 5.71 Å². The van der Waals surface area contributed by atoms with Gasteiger partial charge in [0.2, 0.25) is 0 Å². The summed E-state index contributed by atoms with van der Waals surface area (Å²) in [4.78, 5) is 0. The minimum Gasteiger partial charge on any atom is -0.411 e. The van der Waals surface area contributed by atoms with Crippen LogP contribution in [-0.4, -0.2) is 10.9 Å². The molecule has 2 nitrogen and oxygen atoms in total. The van der Waals surface area contributed by atoms with Crippen LogP contribution in [-0.2, 0) is 6.42 Å². The van der Waals surface area contributed by atoms with Crippen LogP contribution in [0, 0.1) is 0 Å². The van der Waals surface area contributed by atoms with Crippen molar-refractivity contribution >= 4 is 16.5 Å². The average molecular weight is 199 g/mol.